The molecule has 0 unspecified atom stereocenters. The smallest absolute Gasteiger partial charge is 0.161 e. The van der Waals surface area contributed by atoms with Gasteiger partial charge in [-0.3, -0.25) is 4.79 Å². The molecule has 0 saturated heterocycles. The van der Waals surface area contributed by atoms with Crippen molar-refractivity contribution in [2.75, 3.05) is 0 Å². The molecule has 1 N–H and O–H groups in total. The first-order valence-electron chi connectivity index (χ1n) is 3.21. The SMILES string of the molecule is O=C1CCCC/C1=C/O. The molecule has 1 aliphatic rings. The van der Waals surface area contributed by atoms with E-state index >= 15 is 0 Å². The van der Waals surface area contributed by atoms with E-state index in [9.17, 15) is 4.79 Å². The normalized spacial score (nSPS) is 24.9. The van der Waals surface area contributed by atoms with Crippen LogP contribution in [-0.4, -0.2) is 10.9 Å². The number of hydrogen-bond donors (Lipinski definition) is 1. The second-order valence-electron chi connectivity index (χ2n) is 2.28. The Morgan fingerprint density at radius 3 is 2.44 bits per heavy atom. The summed E-state index contributed by atoms with van der Waals surface area (Å²) in [5.74, 6) is 0.115. The van der Waals surface area contributed by atoms with Gasteiger partial charge in [0.05, 0.1) is 6.26 Å². The summed E-state index contributed by atoms with van der Waals surface area (Å²) >= 11 is 0. The van der Waals surface area contributed by atoms with Crippen LogP contribution in [0.15, 0.2) is 11.8 Å². The lowest BCUT2D eigenvalue weighted by Crippen LogP contribution is -2.07. The van der Waals surface area contributed by atoms with Crippen LogP contribution in [0.25, 0.3) is 0 Å². The summed E-state index contributed by atoms with van der Waals surface area (Å²) in [6.45, 7) is 0. The van der Waals surface area contributed by atoms with Gasteiger partial charge in [-0.2, -0.15) is 0 Å². The van der Waals surface area contributed by atoms with Crippen LogP contribution in [0.4, 0.5) is 0 Å². The third kappa shape index (κ3) is 1.31. The molecule has 0 radical (unpaired) electrons. The Morgan fingerprint density at radius 1 is 1.33 bits per heavy atom. The monoisotopic (exact) mass is 126 g/mol. The fraction of sp³-hybridized carbons (Fsp3) is 0.571. The molecule has 0 heterocycles. The fourth-order valence-electron chi connectivity index (χ4n) is 1.04. The first kappa shape index (κ1) is 6.33. The van der Waals surface area contributed by atoms with Crippen molar-refractivity contribution >= 4 is 5.78 Å². The van der Waals surface area contributed by atoms with Gasteiger partial charge in [-0.05, 0) is 19.3 Å². The molecule has 1 fully saturated rings. The topological polar surface area (TPSA) is 37.3 Å². The number of Topliss-reactive ketones (excluding diaryl/α,β-unsaturated/α-hetero) is 1. The van der Waals surface area contributed by atoms with E-state index in [2.05, 4.69) is 0 Å². The van der Waals surface area contributed by atoms with E-state index in [1.807, 2.05) is 0 Å². The van der Waals surface area contributed by atoms with Crippen LogP contribution < -0.4 is 0 Å². The van der Waals surface area contributed by atoms with Gasteiger partial charge in [0.15, 0.2) is 5.78 Å². The summed E-state index contributed by atoms with van der Waals surface area (Å²) in [5, 5.41) is 8.48. The molecule has 1 saturated carbocycles. The molecule has 0 aromatic heterocycles. The molecule has 50 valence electrons. The summed E-state index contributed by atoms with van der Waals surface area (Å²) < 4.78 is 0. The Labute approximate surface area is 54.2 Å². The van der Waals surface area contributed by atoms with E-state index in [1.165, 1.54) is 0 Å². The standard InChI is InChI=1S/C7H10O2/c8-5-6-3-1-2-4-7(6)9/h5,8H,1-4H2/b6-5-. The van der Waals surface area contributed by atoms with Crippen molar-refractivity contribution in [3.05, 3.63) is 11.8 Å². The zero-order chi connectivity index (χ0) is 6.69. The zero-order valence-electron chi connectivity index (χ0n) is 5.26. The van der Waals surface area contributed by atoms with Crippen LogP contribution in [0.3, 0.4) is 0 Å². The largest absolute Gasteiger partial charge is 0.515 e. The molecule has 1 aliphatic carbocycles. The molecule has 1 rings (SSSR count). The number of aliphatic hydroxyl groups excluding tert-OH is 1. The van der Waals surface area contributed by atoms with E-state index in [0.29, 0.717) is 12.0 Å². The quantitative estimate of drug-likeness (QED) is 0.395. The van der Waals surface area contributed by atoms with Crippen molar-refractivity contribution in [1.29, 1.82) is 0 Å². The van der Waals surface area contributed by atoms with E-state index in [1.54, 1.807) is 0 Å². The van der Waals surface area contributed by atoms with Crippen molar-refractivity contribution in [1.82, 2.24) is 0 Å². The molecular weight excluding hydrogens is 116 g/mol. The average molecular weight is 126 g/mol. The number of carbonyl (C=O) groups excluding carboxylic acids is 1. The van der Waals surface area contributed by atoms with E-state index in [4.69, 9.17) is 5.11 Å². The molecule has 2 heteroatoms. The van der Waals surface area contributed by atoms with Crippen molar-refractivity contribution in [3.8, 4) is 0 Å². The van der Waals surface area contributed by atoms with Gasteiger partial charge in [0.25, 0.3) is 0 Å². The maximum Gasteiger partial charge on any atom is 0.161 e. The summed E-state index contributed by atoms with van der Waals surface area (Å²) in [7, 11) is 0. The Bertz CT molecular complexity index is 147. The van der Waals surface area contributed by atoms with E-state index < -0.39 is 0 Å². The highest BCUT2D eigenvalue weighted by Gasteiger charge is 2.13. The van der Waals surface area contributed by atoms with E-state index in [0.717, 1.165) is 25.5 Å². The van der Waals surface area contributed by atoms with Crippen LogP contribution in [0.1, 0.15) is 25.7 Å². The molecule has 0 atom stereocenters. The van der Waals surface area contributed by atoms with Gasteiger partial charge in [-0.1, -0.05) is 0 Å². The second kappa shape index (κ2) is 2.67. The van der Waals surface area contributed by atoms with Gasteiger partial charge >= 0.3 is 0 Å². The van der Waals surface area contributed by atoms with Gasteiger partial charge in [-0.15, -0.1) is 0 Å². The van der Waals surface area contributed by atoms with Crippen molar-refractivity contribution < 1.29 is 9.90 Å². The lowest BCUT2D eigenvalue weighted by molar-refractivity contribution is -0.116. The number of carbonyl (C=O) groups is 1. The Hall–Kier alpha value is -0.790. The van der Waals surface area contributed by atoms with Crippen molar-refractivity contribution in [3.63, 3.8) is 0 Å². The third-order valence-corrected chi connectivity index (χ3v) is 1.61. The van der Waals surface area contributed by atoms with Gasteiger partial charge in [0.2, 0.25) is 0 Å². The average Bonchev–Trinajstić information content (AvgIpc) is 1.89. The molecule has 0 bridgehead atoms. The Balaban J connectivity index is 2.60. The molecule has 0 aromatic carbocycles. The van der Waals surface area contributed by atoms with Crippen LogP contribution in [-0.2, 0) is 4.79 Å². The lowest BCUT2D eigenvalue weighted by atomic mass is 9.95. The third-order valence-electron chi connectivity index (χ3n) is 1.61. The first-order valence-corrected chi connectivity index (χ1v) is 3.21. The zero-order valence-corrected chi connectivity index (χ0v) is 5.26. The summed E-state index contributed by atoms with van der Waals surface area (Å²) in [5.41, 5.74) is 0.598. The van der Waals surface area contributed by atoms with E-state index in [-0.39, 0.29) is 5.78 Å². The molecule has 0 aromatic rings. The molecule has 0 aliphatic heterocycles. The second-order valence-corrected chi connectivity index (χ2v) is 2.28. The number of hydrogen-bond acceptors (Lipinski definition) is 2. The fourth-order valence-corrected chi connectivity index (χ4v) is 1.04. The predicted octanol–water partition coefficient (Wildman–Crippen LogP) is 1.57. The van der Waals surface area contributed by atoms with Crippen LogP contribution in [0, 0.1) is 0 Å². The van der Waals surface area contributed by atoms with Crippen molar-refractivity contribution in [2.24, 2.45) is 0 Å². The molecular formula is C7H10O2. The van der Waals surface area contributed by atoms with Gasteiger partial charge < -0.3 is 5.11 Å². The Morgan fingerprint density at radius 2 is 2.00 bits per heavy atom. The highest BCUT2D eigenvalue weighted by molar-refractivity contribution is 5.95. The van der Waals surface area contributed by atoms with Crippen LogP contribution in [0.5, 0.6) is 0 Å². The maximum atomic E-state index is 10.8. The Kier molecular flexibility index (Phi) is 1.88. The molecule has 2 nitrogen and oxygen atoms in total. The molecule has 0 amide bonds. The minimum Gasteiger partial charge on any atom is -0.515 e. The van der Waals surface area contributed by atoms with Crippen LogP contribution >= 0.6 is 0 Å². The summed E-state index contributed by atoms with van der Waals surface area (Å²) in [6, 6.07) is 0. The number of rotatable bonds is 0. The number of ketones is 1. The maximum absolute atomic E-state index is 10.8. The van der Waals surface area contributed by atoms with Gasteiger partial charge in [0, 0.05) is 12.0 Å². The van der Waals surface area contributed by atoms with Gasteiger partial charge in [0.1, 0.15) is 0 Å². The highest BCUT2D eigenvalue weighted by Crippen LogP contribution is 2.18. The summed E-state index contributed by atoms with van der Waals surface area (Å²) in [4.78, 5) is 10.8. The number of aliphatic hydroxyl groups is 1. The first-order chi connectivity index (χ1) is 4.34. The lowest BCUT2D eigenvalue weighted by Gasteiger charge is -2.09. The highest BCUT2D eigenvalue weighted by atomic mass is 16.2. The number of allylic oxidation sites excluding steroid dienone is 1. The van der Waals surface area contributed by atoms with Crippen molar-refractivity contribution in [2.45, 2.75) is 25.7 Å². The minimum atomic E-state index is 0.115. The summed E-state index contributed by atoms with van der Waals surface area (Å²) in [6.07, 6.45) is 4.34. The molecule has 0 spiro atoms. The predicted molar refractivity (Wildman–Crippen MR) is 34.2 cm³/mol. The van der Waals surface area contributed by atoms with Gasteiger partial charge in [-0.25, -0.2) is 0 Å². The molecule has 9 heavy (non-hydrogen) atoms. The minimum absolute atomic E-state index is 0.115. The van der Waals surface area contributed by atoms with Crippen LogP contribution in [0.2, 0.25) is 0 Å².